The molecule has 0 aromatic carbocycles. The van der Waals surface area contributed by atoms with Crippen LogP contribution in [0.25, 0.3) is 0 Å². The van der Waals surface area contributed by atoms with Gasteiger partial charge in [-0.1, -0.05) is 13.3 Å². The van der Waals surface area contributed by atoms with E-state index in [1.807, 2.05) is 12.3 Å². The third-order valence-electron chi connectivity index (χ3n) is 2.22. The van der Waals surface area contributed by atoms with E-state index in [9.17, 15) is 4.79 Å². The lowest BCUT2D eigenvalue weighted by Gasteiger charge is -2.14. The molecule has 0 spiro atoms. The molecule has 0 saturated carbocycles. The summed E-state index contributed by atoms with van der Waals surface area (Å²) in [7, 11) is 1.76. The Morgan fingerprint density at radius 1 is 1.50 bits per heavy atom. The van der Waals surface area contributed by atoms with Crippen molar-refractivity contribution in [1.29, 1.82) is 0 Å². The summed E-state index contributed by atoms with van der Waals surface area (Å²) in [5.74, 6) is 0. The monoisotopic (exact) mass is 194 g/mol. The third kappa shape index (κ3) is 2.91. The number of aryl methyl sites for hydroxylation is 1. The molecular formula is C11H18N2O. The molecule has 1 heterocycles. The Morgan fingerprint density at radius 3 is 2.79 bits per heavy atom. The average molecular weight is 194 g/mol. The first-order valence-electron chi connectivity index (χ1n) is 5.06. The predicted molar refractivity (Wildman–Crippen MR) is 59.7 cm³/mol. The predicted octanol–water partition coefficient (Wildman–Crippen LogP) is 1.99. The van der Waals surface area contributed by atoms with Crippen LogP contribution in [0.4, 0.5) is 5.69 Å². The Bertz CT molecular complexity index is 343. The van der Waals surface area contributed by atoms with E-state index in [0.29, 0.717) is 6.04 Å². The van der Waals surface area contributed by atoms with E-state index in [1.54, 1.807) is 17.7 Å². The van der Waals surface area contributed by atoms with Gasteiger partial charge in [-0.2, -0.15) is 0 Å². The van der Waals surface area contributed by atoms with Gasteiger partial charge < -0.3 is 9.88 Å². The molecule has 1 unspecified atom stereocenters. The number of hydrogen-bond acceptors (Lipinski definition) is 2. The van der Waals surface area contributed by atoms with Crippen LogP contribution in [0.1, 0.15) is 26.7 Å². The summed E-state index contributed by atoms with van der Waals surface area (Å²) in [6.45, 7) is 4.31. The molecular weight excluding hydrogens is 176 g/mol. The number of rotatable bonds is 4. The van der Waals surface area contributed by atoms with Crippen molar-refractivity contribution in [1.82, 2.24) is 4.57 Å². The zero-order valence-corrected chi connectivity index (χ0v) is 9.08. The van der Waals surface area contributed by atoms with Crippen molar-refractivity contribution in [2.75, 3.05) is 5.32 Å². The minimum atomic E-state index is 0.0266. The van der Waals surface area contributed by atoms with Crippen molar-refractivity contribution in [3.63, 3.8) is 0 Å². The van der Waals surface area contributed by atoms with Gasteiger partial charge in [-0.15, -0.1) is 0 Å². The maximum atomic E-state index is 11.1. The lowest BCUT2D eigenvalue weighted by Crippen LogP contribution is -2.19. The van der Waals surface area contributed by atoms with Gasteiger partial charge in [-0.25, -0.2) is 0 Å². The molecule has 3 nitrogen and oxygen atoms in total. The molecule has 0 amide bonds. The first-order valence-corrected chi connectivity index (χ1v) is 5.06. The highest BCUT2D eigenvalue weighted by Gasteiger charge is 2.00. The third-order valence-corrected chi connectivity index (χ3v) is 2.22. The number of hydrogen-bond donors (Lipinski definition) is 1. The Morgan fingerprint density at radius 2 is 2.21 bits per heavy atom. The molecule has 3 heteroatoms. The Hall–Kier alpha value is -1.25. The van der Waals surface area contributed by atoms with E-state index in [4.69, 9.17) is 0 Å². The van der Waals surface area contributed by atoms with Gasteiger partial charge in [-0.05, 0) is 19.4 Å². The molecule has 0 aliphatic heterocycles. The molecule has 0 fully saturated rings. The number of pyridine rings is 1. The van der Waals surface area contributed by atoms with Gasteiger partial charge in [0.25, 0.3) is 0 Å². The second kappa shape index (κ2) is 4.84. The maximum absolute atomic E-state index is 11.1. The molecule has 0 aliphatic rings. The van der Waals surface area contributed by atoms with Crippen LogP contribution in [0, 0.1) is 0 Å². The van der Waals surface area contributed by atoms with Gasteiger partial charge in [0, 0.05) is 25.4 Å². The standard InChI is InChI=1S/C11H18N2O/c1-4-5-9(2)12-10-6-7-11(14)13(3)8-10/h6-9,12H,4-5H2,1-3H3. The minimum absolute atomic E-state index is 0.0266. The van der Waals surface area contributed by atoms with Gasteiger partial charge >= 0.3 is 0 Å². The quantitative estimate of drug-likeness (QED) is 0.795. The fourth-order valence-corrected chi connectivity index (χ4v) is 1.47. The van der Waals surface area contributed by atoms with Crippen LogP contribution >= 0.6 is 0 Å². The van der Waals surface area contributed by atoms with Gasteiger partial charge in [0.2, 0.25) is 5.56 Å². The second-order valence-corrected chi connectivity index (χ2v) is 3.70. The SMILES string of the molecule is CCCC(C)Nc1ccc(=O)n(C)c1. The van der Waals surface area contributed by atoms with Crippen molar-refractivity contribution in [3.8, 4) is 0 Å². The molecule has 1 aromatic rings. The smallest absolute Gasteiger partial charge is 0.250 e. The van der Waals surface area contributed by atoms with Crippen LogP contribution in [-0.4, -0.2) is 10.6 Å². The Balaban J connectivity index is 2.68. The van der Waals surface area contributed by atoms with Crippen LogP contribution in [0.3, 0.4) is 0 Å². The fraction of sp³-hybridized carbons (Fsp3) is 0.545. The zero-order valence-electron chi connectivity index (χ0n) is 9.08. The first-order chi connectivity index (χ1) is 6.63. The van der Waals surface area contributed by atoms with Gasteiger partial charge in [0.05, 0.1) is 5.69 Å². The molecule has 0 aliphatic carbocycles. The van der Waals surface area contributed by atoms with Gasteiger partial charge in [0.1, 0.15) is 0 Å². The van der Waals surface area contributed by atoms with Crippen LogP contribution in [-0.2, 0) is 7.05 Å². The molecule has 0 radical (unpaired) electrons. The summed E-state index contributed by atoms with van der Waals surface area (Å²) >= 11 is 0. The number of nitrogens with zero attached hydrogens (tertiary/aromatic N) is 1. The van der Waals surface area contributed by atoms with Gasteiger partial charge in [-0.3, -0.25) is 4.79 Å². The lowest BCUT2D eigenvalue weighted by molar-refractivity contribution is 0.688. The van der Waals surface area contributed by atoms with E-state index in [2.05, 4.69) is 19.2 Å². The molecule has 0 bridgehead atoms. The van der Waals surface area contributed by atoms with Crippen LogP contribution in [0.15, 0.2) is 23.1 Å². The van der Waals surface area contributed by atoms with E-state index in [-0.39, 0.29) is 5.56 Å². The Labute approximate surface area is 84.8 Å². The average Bonchev–Trinajstić information content (AvgIpc) is 2.12. The fourth-order valence-electron chi connectivity index (χ4n) is 1.47. The summed E-state index contributed by atoms with van der Waals surface area (Å²) in [5.41, 5.74) is 1.03. The highest BCUT2D eigenvalue weighted by atomic mass is 16.1. The van der Waals surface area contributed by atoms with Crippen molar-refractivity contribution in [2.24, 2.45) is 7.05 Å². The van der Waals surface area contributed by atoms with Crippen molar-refractivity contribution in [3.05, 3.63) is 28.7 Å². The maximum Gasteiger partial charge on any atom is 0.250 e. The molecule has 1 atom stereocenters. The lowest BCUT2D eigenvalue weighted by atomic mass is 10.2. The molecule has 0 saturated heterocycles. The molecule has 78 valence electrons. The summed E-state index contributed by atoms with van der Waals surface area (Å²) in [5, 5.41) is 3.35. The molecule has 1 rings (SSSR count). The summed E-state index contributed by atoms with van der Waals surface area (Å²) in [6, 6.07) is 3.87. The first kappa shape index (κ1) is 10.8. The van der Waals surface area contributed by atoms with Crippen molar-refractivity contribution in [2.45, 2.75) is 32.7 Å². The molecule has 1 aromatic heterocycles. The van der Waals surface area contributed by atoms with E-state index >= 15 is 0 Å². The van der Waals surface area contributed by atoms with E-state index in [1.165, 1.54) is 6.42 Å². The zero-order chi connectivity index (χ0) is 10.6. The number of aromatic nitrogens is 1. The number of nitrogens with one attached hydrogen (secondary N) is 1. The van der Waals surface area contributed by atoms with E-state index in [0.717, 1.165) is 12.1 Å². The molecule has 14 heavy (non-hydrogen) atoms. The largest absolute Gasteiger partial charge is 0.381 e. The van der Waals surface area contributed by atoms with Crippen LogP contribution < -0.4 is 10.9 Å². The van der Waals surface area contributed by atoms with E-state index < -0.39 is 0 Å². The summed E-state index contributed by atoms with van der Waals surface area (Å²) in [4.78, 5) is 11.1. The second-order valence-electron chi connectivity index (χ2n) is 3.70. The summed E-state index contributed by atoms with van der Waals surface area (Å²) < 4.78 is 1.58. The van der Waals surface area contributed by atoms with Crippen molar-refractivity contribution < 1.29 is 0 Å². The molecule has 1 N–H and O–H groups in total. The minimum Gasteiger partial charge on any atom is -0.381 e. The highest BCUT2D eigenvalue weighted by molar-refractivity contribution is 5.40. The summed E-state index contributed by atoms with van der Waals surface area (Å²) in [6.07, 6.45) is 4.14. The van der Waals surface area contributed by atoms with Crippen LogP contribution in [0.2, 0.25) is 0 Å². The number of anilines is 1. The highest BCUT2D eigenvalue weighted by Crippen LogP contribution is 2.07. The van der Waals surface area contributed by atoms with Gasteiger partial charge in [0.15, 0.2) is 0 Å². The van der Waals surface area contributed by atoms with Crippen LogP contribution in [0.5, 0.6) is 0 Å². The Kier molecular flexibility index (Phi) is 3.74. The normalized spacial score (nSPS) is 12.5. The topological polar surface area (TPSA) is 34.0 Å². The van der Waals surface area contributed by atoms with Crippen molar-refractivity contribution >= 4 is 5.69 Å².